The summed E-state index contributed by atoms with van der Waals surface area (Å²) in [6.07, 6.45) is 0. The van der Waals surface area contributed by atoms with Gasteiger partial charge < -0.3 is 10.5 Å². The van der Waals surface area contributed by atoms with Gasteiger partial charge in [0.05, 0.1) is 18.9 Å². The van der Waals surface area contributed by atoms with Crippen molar-refractivity contribution < 1.29 is 4.74 Å². The average Bonchev–Trinajstić information content (AvgIpc) is 2.88. The van der Waals surface area contributed by atoms with Crippen LogP contribution in [0.1, 0.15) is 0 Å². The standard InChI is InChI=1S/C11H15N5OS/c12-6-7-17-8-9-18-11-13-14-15-16(11)10-4-2-1-3-5-10/h1-5H,6-9,12H2. The second-order valence-corrected chi connectivity index (χ2v) is 4.52. The Morgan fingerprint density at radius 2 is 2.06 bits per heavy atom. The van der Waals surface area contributed by atoms with Crippen LogP contribution in [0.3, 0.4) is 0 Å². The van der Waals surface area contributed by atoms with E-state index < -0.39 is 0 Å². The summed E-state index contributed by atoms with van der Waals surface area (Å²) < 4.78 is 7.02. The number of thioether (sulfide) groups is 1. The van der Waals surface area contributed by atoms with Gasteiger partial charge in [-0.15, -0.1) is 5.10 Å². The number of hydrogen-bond donors (Lipinski definition) is 1. The van der Waals surface area contributed by atoms with Gasteiger partial charge >= 0.3 is 0 Å². The van der Waals surface area contributed by atoms with Gasteiger partial charge in [-0.2, -0.15) is 4.68 Å². The summed E-state index contributed by atoms with van der Waals surface area (Å²) >= 11 is 1.56. The summed E-state index contributed by atoms with van der Waals surface area (Å²) in [5, 5.41) is 12.4. The summed E-state index contributed by atoms with van der Waals surface area (Å²) in [4.78, 5) is 0. The Balaban J connectivity index is 1.92. The van der Waals surface area contributed by atoms with E-state index in [1.807, 2.05) is 30.3 Å². The zero-order valence-corrected chi connectivity index (χ0v) is 10.7. The monoisotopic (exact) mass is 265 g/mol. The van der Waals surface area contributed by atoms with Gasteiger partial charge in [0.2, 0.25) is 5.16 Å². The van der Waals surface area contributed by atoms with E-state index in [9.17, 15) is 0 Å². The minimum absolute atomic E-state index is 0.548. The number of aromatic nitrogens is 4. The number of tetrazole rings is 1. The molecule has 0 amide bonds. The molecule has 6 nitrogen and oxygen atoms in total. The molecule has 2 aromatic rings. The molecule has 1 aromatic heterocycles. The third kappa shape index (κ3) is 3.52. The van der Waals surface area contributed by atoms with Gasteiger partial charge in [0.15, 0.2) is 0 Å². The molecule has 0 fully saturated rings. The number of hydrogen-bond acceptors (Lipinski definition) is 6. The van der Waals surface area contributed by atoms with E-state index in [0.29, 0.717) is 19.8 Å². The van der Waals surface area contributed by atoms with Crippen molar-refractivity contribution in [3.8, 4) is 5.69 Å². The Bertz CT molecular complexity index is 461. The molecule has 0 bridgehead atoms. The van der Waals surface area contributed by atoms with E-state index in [1.165, 1.54) is 0 Å². The summed E-state index contributed by atoms with van der Waals surface area (Å²) in [5.41, 5.74) is 6.29. The molecule has 2 N–H and O–H groups in total. The lowest BCUT2D eigenvalue weighted by atomic mass is 10.3. The molecule has 0 unspecified atom stereocenters. The largest absolute Gasteiger partial charge is 0.379 e. The Morgan fingerprint density at radius 1 is 1.22 bits per heavy atom. The lowest BCUT2D eigenvalue weighted by Crippen LogP contribution is -2.10. The van der Waals surface area contributed by atoms with Gasteiger partial charge in [-0.25, -0.2) is 0 Å². The highest BCUT2D eigenvalue weighted by atomic mass is 32.2. The lowest BCUT2D eigenvalue weighted by Gasteiger charge is -2.04. The fraction of sp³-hybridized carbons (Fsp3) is 0.364. The fourth-order valence-corrected chi connectivity index (χ4v) is 2.12. The average molecular weight is 265 g/mol. The van der Waals surface area contributed by atoms with Crippen LogP contribution >= 0.6 is 11.8 Å². The summed E-state index contributed by atoms with van der Waals surface area (Å²) in [5.74, 6) is 0.799. The predicted octanol–water partition coefficient (Wildman–Crippen LogP) is 0.730. The number of rotatable bonds is 7. The highest BCUT2D eigenvalue weighted by Gasteiger charge is 2.07. The van der Waals surface area contributed by atoms with Gasteiger partial charge in [-0.05, 0) is 22.6 Å². The molecule has 0 aliphatic rings. The number of nitrogens with two attached hydrogens (primary N) is 1. The van der Waals surface area contributed by atoms with Gasteiger partial charge in [-0.3, -0.25) is 0 Å². The summed E-state index contributed by atoms with van der Waals surface area (Å²) in [6, 6.07) is 9.80. The fourth-order valence-electron chi connectivity index (χ4n) is 1.38. The van der Waals surface area contributed by atoms with Gasteiger partial charge in [0.1, 0.15) is 0 Å². The van der Waals surface area contributed by atoms with E-state index in [1.54, 1.807) is 16.4 Å². The van der Waals surface area contributed by atoms with Crippen molar-refractivity contribution in [1.29, 1.82) is 0 Å². The zero-order chi connectivity index (χ0) is 12.6. The molecule has 0 saturated carbocycles. The molecule has 0 atom stereocenters. The first-order chi connectivity index (χ1) is 8.92. The van der Waals surface area contributed by atoms with Gasteiger partial charge in [0, 0.05) is 12.3 Å². The molecule has 0 saturated heterocycles. The molecule has 18 heavy (non-hydrogen) atoms. The van der Waals surface area contributed by atoms with E-state index in [0.717, 1.165) is 16.6 Å². The lowest BCUT2D eigenvalue weighted by molar-refractivity contribution is 0.158. The molecule has 0 aliphatic carbocycles. The number of benzene rings is 1. The molecule has 0 spiro atoms. The molecule has 0 aliphatic heterocycles. The number of nitrogens with zero attached hydrogens (tertiary/aromatic N) is 4. The van der Waals surface area contributed by atoms with E-state index in [2.05, 4.69) is 15.5 Å². The highest BCUT2D eigenvalue weighted by molar-refractivity contribution is 7.99. The smallest absolute Gasteiger partial charge is 0.214 e. The zero-order valence-electron chi connectivity index (χ0n) is 9.90. The van der Waals surface area contributed by atoms with Gasteiger partial charge in [0.25, 0.3) is 0 Å². The van der Waals surface area contributed by atoms with Crippen molar-refractivity contribution in [3.05, 3.63) is 30.3 Å². The maximum atomic E-state index is 5.34. The van der Waals surface area contributed by atoms with Crippen molar-refractivity contribution in [2.75, 3.05) is 25.5 Å². The van der Waals surface area contributed by atoms with Gasteiger partial charge in [-0.1, -0.05) is 30.0 Å². The Kier molecular flexibility index (Phi) is 5.13. The first kappa shape index (κ1) is 13.0. The Labute approximate surface area is 110 Å². The minimum atomic E-state index is 0.548. The van der Waals surface area contributed by atoms with Crippen LogP contribution < -0.4 is 5.73 Å². The number of ether oxygens (including phenoxy) is 1. The molecule has 2 rings (SSSR count). The van der Waals surface area contributed by atoms with Crippen LogP contribution in [0.15, 0.2) is 35.5 Å². The van der Waals surface area contributed by atoms with Crippen molar-refractivity contribution in [3.63, 3.8) is 0 Å². The predicted molar refractivity (Wildman–Crippen MR) is 69.8 cm³/mol. The first-order valence-corrected chi connectivity index (χ1v) is 6.65. The molecule has 1 heterocycles. The maximum Gasteiger partial charge on any atom is 0.214 e. The second-order valence-electron chi connectivity index (χ2n) is 3.46. The third-order valence-corrected chi connectivity index (χ3v) is 3.05. The van der Waals surface area contributed by atoms with Crippen LogP contribution in [-0.4, -0.2) is 45.7 Å². The molecule has 0 radical (unpaired) electrons. The topological polar surface area (TPSA) is 78.8 Å². The van der Waals surface area contributed by atoms with E-state index >= 15 is 0 Å². The molecule has 1 aromatic carbocycles. The SMILES string of the molecule is NCCOCCSc1nnnn1-c1ccccc1. The Morgan fingerprint density at radius 3 is 2.83 bits per heavy atom. The van der Waals surface area contributed by atoms with Crippen molar-refractivity contribution in [2.45, 2.75) is 5.16 Å². The van der Waals surface area contributed by atoms with E-state index in [4.69, 9.17) is 10.5 Å². The van der Waals surface area contributed by atoms with Crippen LogP contribution in [-0.2, 0) is 4.74 Å². The van der Waals surface area contributed by atoms with E-state index in [-0.39, 0.29) is 0 Å². The molecular formula is C11H15N5OS. The van der Waals surface area contributed by atoms with Crippen molar-refractivity contribution in [2.24, 2.45) is 5.73 Å². The van der Waals surface area contributed by atoms with Crippen molar-refractivity contribution >= 4 is 11.8 Å². The summed E-state index contributed by atoms with van der Waals surface area (Å²) in [7, 11) is 0. The molecule has 7 heteroatoms. The summed E-state index contributed by atoms with van der Waals surface area (Å²) in [6.45, 7) is 1.78. The van der Waals surface area contributed by atoms with Crippen LogP contribution in [0.5, 0.6) is 0 Å². The molecule has 96 valence electrons. The third-order valence-electron chi connectivity index (χ3n) is 2.16. The first-order valence-electron chi connectivity index (χ1n) is 5.66. The second kappa shape index (κ2) is 7.10. The van der Waals surface area contributed by atoms with Crippen LogP contribution in [0.25, 0.3) is 5.69 Å². The highest BCUT2D eigenvalue weighted by Crippen LogP contribution is 2.17. The quantitative estimate of drug-likeness (QED) is 0.587. The minimum Gasteiger partial charge on any atom is -0.379 e. The van der Waals surface area contributed by atoms with Crippen molar-refractivity contribution in [1.82, 2.24) is 20.2 Å². The normalized spacial score (nSPS) is 10.7. The van der Waals surface area contributed by atoms with Crippen LogP contribution in [0.4, 0.5) is 0 Å². The van der Waals surface area contributed by atoms with Crippen LogP contribution in [0, 0.1) is 0 Å². The number of para-hydroxylation sites is 1. The maximum absolute atomic E-state index is 5.34. The Hall–Kier alpha value is -1.44. The molecular weight excluding hydrogens is 250 g/mol. The van der Waals surface area contributed by atoms with Crippen LogP contribution in [0.2, 0.25) is 0 Å².